The van der Waals surface area contributed by atoms with Crippen LogP contribution in [0.1, 0.15) is 18.7 Å². The van der Waals surface area contributed by atoms with E-state index >= 15 is 0 Å². The smallest absolute Gasteiger partial charge is 0.427 e. The normalized spacial score (nSPS) is 11.3. The second kappa shape index (κ2) is 5.87. The van der Waals surface area contributed by atoms with Crippen LogP contribution in [0, 0.1) is 0 Å². The molecule has 0 unspecified atom stereocenters. The van der Waals surface area contributed by atoms with Crippen molar-refractivity contribution in [1.29, 1.82) is 0 Å². The molecule has 1 heterocycles. The fourth-order valence-electron chi connectivity index (χ4n) is 0.857. The van der Waals surface area contributed by atoms with Gasteiger partial charge in [-0.2, -0.15) is 5.10 Å². The second-order valence-electron chi connectivity index (χ2n) is 2.63. The summed E-state index contributed by atoms with van der Waals surface area (Å²) in [7, 11) is 0. The first-order valence-corrected chi connectivity index (χ1v) is 5.97. The zero-order valence-electron chi connectivity index (χ0n) is 8.41. The number of ether oxygens (including phenoxy) is 1. The van der Waals surface area contributed by atoms with E-state index in [2.05, 4.69) is 31.2 Å². The fraction of sp³-hybridized carbons (Fsp3) is 0.333. The van der Waals surface area contributed by atoms with Crippen molar-refractivity contribution in [2.45, 2.75) is 13.8 Å². The summed E-state index contributed by atoms with van der Waals surface area (Å²) in [6.45, 7) is 3.90. The van der Waals surface area contributed by atoms with Gasteiger partial charge in [-0.3, -0.25) is 0 Å². The molecule has 15 heavy (non-hydrogen) atoms. The molecule has 0 radical (unpaired) electrons. The Hall–Kier alpha value is -0.880. The molecule has 0 spiro atoms. The van der Waals surface area contributed by atoms with E-state index in [0.29, 0.717) is 6.61 Å². The Morgan fingerprint density at radius 2 is 2.40 bits per heavy atom. The minimum Gasteiger partial charge on any atom is -0.449 e. The summed E-state index contributed by atoms with van der Waals surface area (Å²) in [5.74, 6) is 0. The van der Waals surface area contributed by atoms with Gasteiger partial charge in [0.15, 0.2) is 0 Å². The van der Waals surface area contributed by atoms with E-state index in [1.807, 2.05) is 19.1 Å². The number of hydrazone groups is 1. The quantitative estimate of drug-likeness (QED) is 0.687. The lowest BCUT2D eigenvalue weighted by molar-refractivity contribution is 0.152. The zero-order valence-corrected chi connectivity index (χ0v) is 10.8. The maximum atomic E-state index is 10.9. The molecular formula is C9H11BrN2O2S. The third kappa shape index (κ3) is 4.01. The van der Waals surface area contributed by atoms with Gasteiger partial charge in [0, 0.05) is 0 Å². The SMILES string of the molecule is CCOC(=O)N/N=C(\C)c1ccc(Br)s1. The molecule has 0 aromatic carbocycles. The summed E-state index contributed by atoms with van der Waals surface area (Å²) in [6, 6.07) is 3.86. The predicted molar refractivity (Wildman–Crippen MR) is 64.4 cm³/mol. The maximum Gasteiger partial charge on any atom is 0.427 e. The van der Waals surface area contributed by atoms with E-state index < -0.39 is 6.09 Å². The summed E-state index contributed by atoms with van der Waals surface area (Å²) in [5, 5.41) is 3.91. The number of nitrogens with zero attached hydrogens (tertiary/aromatic N) is 1. The molecule has 4 nitrogen and oxygen atoms in total. The molecule has 1 N–H and O–H groups in total. The van der Waals surface area contributed by atoms with E-state index in [-0.39, 0.29) is 0 Å². The van der Waals surface area contributed by atoms with Crippen molar-refractivity contribution >= 4 is 39.1 Å². The Labute approximate surface area is 100 Å². The summed E-state index contributed by atoms with van der Waals surface area (Å²) in [6.07, 6.45) is -0.535. The highest BCUT2D eigenvalue weighted by molar-refractivity contribution is 9.11. The number of carbonyl (C=O) groups is 1. The number of amides is 1. The Balaban J connectivity index is 2.56. The predicted octanol–water partition coefficient (Wildman–Crippen LogP) is 2.98. The molecule has 1 aromatic heterocycles. The van der Waals surface area contributed by atoms with Gasteiger partial charge >= 0.3 is 6.09 Å². The van der Waals surface area contributed by atoms with Gasteiger partial charge in [-0.05, 0) is 41.9 Å². The molecule has 1 aromatic rings. The molecule has 0 atom stereocenters. The van der Waals surface area contributed by atoms with E-state index in [1.54, 1.807) is 18.3 Å². The van der Waals surface area contributed by atoms with Crippen LogP contribution in [0.5, 0.6) is 0 Å². The van der Waals surface area contributed by atoms with Gasteiger partial charge < -0.3 is 4.74 Å². The highest BCUT2D eigenvalue weighted by atomic mass is 79.9. The van der Waals surface area contributed by atoms with E-state index in [0.717, 1.165) is 14.4 Å². The van der Waals surface area contributed by atoms with E-state index in [4.69, 9.17) is 0 Å². The molecule has 0 aliphatic rings. The highest BCUT2D eigenvalue weighted by Crippen LogP contribution is 2.22. The van der Waals surface area contributed by atoms with Crippen molar-refractivity contribution in [2.24, 2.45) is 5.10 Å². The monoisotopic (exact) mass is 290 g/mol. The third-order valence-corrected chi connectivity index (χ3v) is 3.25. The maximum absolute atomic E-state index is 10.9. The third-order valence-electron chi connectivity index (χ3n) is 1.52. The molecule has 82 valence electrons. The molecule has 0 saturated heterocycles. The van der Waals surface area contributed by atoms with E-state index in [9.17, 15) is 4.79 Å². The zero-order chi connectivity index (χ0) is 11.3. The van der Waals surface area contributed by atoms with Crippen LogP contribution in [0.4, 0.5) is 4.79 Å². The van der Waals surface area contributed by atoms with Crippen molar-refractivity contribution in [3.8, 4) is 0 Å². The lowest BCUT2D eigenvalue weighted by Crippen LogP contribution is -2.20. The van der Waals surface area contributed by atoms with Gasteiger partial charge in [0.2, 0.25) is 0 Å². The van der Waals surface area contributed by atoms with Gasteiger partial charge in [0.25, 0.3) is 0 Å². The van der Waals surface area contributed by atoms with Gasteiger partial charge in [-0.15, -0.1) is 11.3 Å². The lowest BCUT2D eigenvalue weighted by atomic mass is 10.3. The molecule has 1 rings (SSSR count). The standard InChI is InChI=1S/C9H11BrN2O2S/c1-3-14-9(13)12-11-6(2)7-4-5-8(10)15-7/h4-5H,3H2,1-2H3,(H,12,13)/b11-6+. The topological polar surface area (TPSA) is 50.7 Å². The van der Waals surface area contributed by atoms with Crippen molar-refractivity contribution in [3.05, 3.63) is 20.8 Å². The van der Waals surface area contributed by atoms with E-state index in [1.165, 1.54) is 0 Å². The Kier molecular flexibility index (Phi) is 4.77. The molecule has 1 amide bonds. The average molecular weight is 291 g/mol. The highest BCUT2D eigenvalue weighted by Gasteiger charge is 2.02. The van der Waals surface area contributed by atoms with Crippen LogP contribution in [-0.2, 0) is 4.74 Å². The van der Waals surface area contributed by atoms with Gasteiger partial charge in [-0.1, -0.05) is 0 Å². The lowest BCUT2D eigenvalue weighted by Gasteiger charge is -2.00. The van der Waals surface area contributed by atoms with Crippen LogP contribution in [0.15, 0.2) is 21.0 Å². The number of hydrogen-bond donors (Lipinski definition) is 1. The van der Waals surface area contributed by atoms with Crippen molar-refractivity contribution in [2.75, 3.05) is 6.61 Å². The van der Waals surface area contributed by atoms with Crippen LogP contribution >= 0.6 is 27.3 Å². The van der Waals surface area contributed by atoms with Crippen molar-refractivity contribution in [3.63, 3.8) is 0 Å². The minimum absolute atomic E-state index is 0.338. The fourth-order valence-corrected chi connectivity index (χ4v) is 2.19. The first kappa shape index (κ1) is 12.2. The summed E-state index contributed by atoms with van der Waals surface area (Å²) in [4.78, 5) is 11.9. The first-order chi connectivity index (χ1) is 7.13. The van der Waals surface area contributed by atoms with Gasteiger partial charge in [0.05, 0.1) is 21.0 Å². The van der Waals surface area contributed by atoms with Crippen molar-refractivity contribution < 1.29 is 9.53 Å². The van der Waals surface area contributed by atoms with Crippen molar-refractivity contribution in [1.82, 2.24) is 5.43 Å². The molecule has 0 aliphatic heterocycles. The molecule has 0 aliphatic carbocycles. The van der Waals surface area contributed by atoms with Crippen LogP contribution in [-0.4, -0.2) is 18.4 Å². The number of hydrogen-bond acceptors (Lipinski definition) is 4. The van der Waals surface area contributed by atoms with Gasteiger partial charge in [-0.25, -0.2) is 10.2 Å². The summed E-state index contributed by atoms with van der Waals surface area (Å²) in [5.41, 5.74) is 3.06. The average Bonchev–Trinajstić information content (AvgIpc) is 2.62. The number of rotatable bonds is 3. The largest absolute Gasteiger partial charge is 0.449 e. The summed E-state index contributed by atoms with van der Waals surface area (Å²) < 4.78 is 5.70. The first-order valence-electron chi connectivity index (χ1n) is 4.36. The number of carbonyl (C=O) groups excluding carboxylic acids is 1. The summed E-state index contributed by atoms with van der Waals surface area (Å²) >= 11 is 4.91. The number of thiophene rings is 1. The van der Waals surface area contributed by atoms with Crippen LogP contribution in [0.2, 0.25) is 0 Å². The molecule has 0 saturated carbocycles. The number of halogens is 1. The Morgan fingerprint density at radius 1 is 1.67 bits per heavy atom. The molecule has 0 bridgehead atoms. The Morgan fingerprint density at radius 3 is 2.93 bits per heavy atom. The minimum atomic E-state index is -0.535. The Bertz CT molecular complexity index is 376. The second-order valence-corrected chi connectivity index (χ2v) is 5.10. The number of nitrogens with one attached hydrogen (secondary N) is 1. The molecule has 6 heteroatoms. The van der Waals surface area contributed by atoms with Gasteiger partial charge in [0.1, 0.15) is 0 Å². The van der Waals surface area contributed by atoms with Crippen LogP contribution in [0.25, 0.3) is 0 Å². The van der Waals surface area contributed by atoms with Crippen LogP contribution in [0.3, 0.4) is 0 Å². The molecular weight excluding hydrogens is 280 g/mol. The van der Waals surface area contributed by atoms with Crippen LogP contribution < -0.4 is 5.43 Å². The molecule has 0 fully saturated rings.